The summed E-state index contributed by atoms with van der Waals surface area (Å²) in [6, 6.07) is 7.27. The first-order valence-corrected chi connectivity index (χ1v) is 7.64. The third-order valence-electron chi connectivity index (χ3n) is 4.25. The summed E-state index contributed by atoms with van der Waals surface area (Å²) in [5.74, 6) is -1.31. The van der Waals surface area contributed by atoms with Gasteiger partial charge in [-0.2, -0.15) is 0 Å². The van der Waals surface area contributed by atoms with Gasteiger partial charge in [0.1, 0.15) is 6.61 Å². The van der Waals surface area contributed by atoms with Crippen LogP contribution in [0.4, 0.5) is 0 Å². The lowest BCUT2D eigenvalue weighted by Gasteiger charge is -2.28. The summed E-state index contributed by atoms with van der Waals surface area (Å²) in [6.45, 7) is 7.19. The van der Waals surface area contributed by atoms with E-state index >= 15 is 0 Å². The lowest BCUT2D eigenvalue weighted by atomic mass is 9.89. The molecule has 0 unspecified atom stereocenters. The topological polar surface area (TPSA) is 63.7 Å². The number of aryl methyl sites for hydroxylation is 2. The van der Waals surface area contributed by atoms with Crippen molar-refractivity contribution in [2.45, 2.75) is 13.8 Å². The molecule has 0 fully saturated rings. The van der Waals surface area contributed by atoms with Gasteiger partial charge in [-0.05, 0) is 42.5 Å². The van der Waals surface area contributed by atoms with Crippen molar-refractivity contribution in [1.29, 1.82) is 0 Å². The van der Waals surface area contributed by atoms with E-state index in [1.54, 1.807) is 12.1 Å². The van der Waals surface area contributed by atoms with Crippen molar-refractivity contribution in [3.05, 3.63) is 59.2 Å². The molecule has 0 aromatic heterocycles. The predicted molar refractivity (Wildman–Crippen MR) is 89.9 cm³/mol. The van der Waals surface area contributed by atoms with E-state index in [1.807, 2.05) is 26.0 Å². The molecule has 0 atom stereocenters. The quantitative estimate of drug-likeness (QED) is 0.493. The second kappa shape index (κ2) is 5.92. The van der Waals surface area contributed by atoms with Gasteiger partial charge in [0.2, 0.25) is 0 Å². The molecule has 0 aliphatic carbocycles. The first kappa shape index (κ1) is 15.9. The summed E-state index contributed by atoms with van der Waals surface area (Å²) < 4.78 is 4.89. The number of hydrogen-bond donors (Lipinski definition) is 0. The molecule has 5 nitrogen and oxygen atoms in total. The average molecular weight is 323 g/mol. The van der Waals surface area contributed by atoms with Crippen LogP contribution in [0.15, 0.2) is 36.9 Å². The third-order valence-corrected chi connectivity index (χ3v) is 4.25. The molecule has 1 aliphatic heterocycles. The summed E-state index contributed by atoms with van der Waals surface area (Å²) in [6.07, 6.45) is 1.04. The van der Waals surface area contributed by atoms with E-state index in [0.29, 0.717) is 16.5 Å². The molecule has 0 spiro atoms. The zero-order chi connectivity index (χ0) is 17.4. The van der Waals surface area contributed by atoms with E-state index in [2.05, 4.69) is 6.58 Å². The standard InChI is InChI=1S/C19H17NO4/c1-4-15(21)24-10-9-20-18(22)13-7-5-11(2)16-12(3)6-8-14(17(13)16)19(20)23/h4-8H,1,9-10H2,2-3H3. The van der Waals surface area contributed by atoms with Crippen molar-refractivity contribution < 1.29 is 19.1 Å². The third kappa shape index (κ3) is 2.38. The fraction of sp³-hybridized carbons (Fsp3) is 0.211. The van der Waals surface area contributed by atoms with Crippen molar-refractivity contribution in [3.63, 3.8) is 0 Å². The van der Waals surface area contributed by atoms with E-state index in [-0.39, 0.29) is 25.0 Å². The number of benzene rings is 2. The van der Waals surface area contributed by atoms with Gasteiger partial charge in [-0.15, -0.1) is 0 Å². The zero-order valence-corrected chi connectivity index (χ0v) is 13.6. The second-order valence-electron chi connectivity index (χ2n) is 5.74. The maximum Gasteiger partial charge on any atom is 0.330 e. The maximum absolute atomic E-state index is 12.7. The molecule has 2 amide bonds. The highest BCUT2D eigenvalue weighted by atomic mass is 16.5. The molecule has 2 aromatic rings. The summed E-state index contributed by atoms with van der Waals surface area (Å²) in [4.78, 5) is 37.7. The first-order chi connectivity index (χ1) is 11.5. The van der Waals surface area contributed by atoms with E-state index in [9.17, 15) is 14.4 Å². The molecule has 2 aromatic carbocycles. The van der Waals surface area contributed by atoms with Crippen LogP contribution in [0.5, 0.6) is 0 Å². The fourth-order valence-corrected chi connectivity index (χ4v) is 3.11. The van der Waals surface area contributed by atoms with Gasteiger partial charge in [0.15, 0.2) is 0 Å². The van der Waals surface area contributed by atoms with Crippen LogP contribution in [0.1, 0.15) is 31.8 Å². The van der Waals surface area contributed by atoms with Crippen LogP contribution in [-0.2, 0) is 9.53 Å². The number of nitrogens with zero attached hydrogens (tertiary/aromatic N) is 1. The van der Waals surface area contributed by atoms with Crippen molar-refractivity contribution in [2.24, 2.45) is 0 Å². The largest absolute Gasteiger partial charge is 0.461 e. The smallest absolute Gasteiger partial charge is 0.330 e. The lowest BCUT2D eigenvalue weighted by Crippen LogP contribution is -2.42. The summed E-state index contributed by atoms with van der Waals surface area (Å²) in [7, 11) is 0. The number of carbonyl (C=O) groups excluding carboxylic acids is 3. The van der Waals surface area contributed by atoms with Gasteiger partial charge in [0.25, 0.3) is 11.8 Å². The summed E-state index contributed by atoms with van der Waals surface area (Å²) >= 11 is 0. The van der Waals surface area contributed by atoms with Gasteiger partial charge < -0.3 is 4.74 Å². The van der Waals surface area contributed by atoms with Crippen LogP contribution in [0.25, 0.3) is 10.8 Å². The van der Waals surface area contributed by atoms with Crippen LogP contribution >= 0.6 is 0 Å². The number of rotatable bonds is 4. The number of ether oxygens (including phenoxy) is 1. The Morgan fingerprint density at radius 3 is 2.08 bits per heavy atom. The molecule has 24 heavy (non-hydrogen) atoms. The second-order valence-corrected chi connectivity index (χ2v) is 5.74. The Kier molecular flexibility index (Phi) is 3.93. The SMILES string of the molecule is C=CC(=O)OCCN1C(=O)c2ccc(C)c3c(C)ccc(c23)C1=O. The Bertz CT molecular complexity index is 841. The number of esters is 1. The molecule has 3 rings (SSSR count). The molecule has 5 heteroatoms. The normalized spacial score (nSPS) is 13.3. The van der Waals surface area contributed by atoms with E-state index in [4.69, 9.17) is 4.74 Å². The highest BCUT2D eigenvalue weighted by Gasteiger charge is 2.33. The predicted octanol–water partition coefficient (Wildman–Crippen LogP) is 2.78. The molecular formula is C19H17NO4. The minimum atomic E-state index is -0.583. The highest BCUT2D eigenvalue weighted by Crippen LogP contribution is 2.33. The average Bonchev–Trinajstić information content (AvgIpc) is 2.57. The molecule has 122 valence electrons. The molecule has 0 radical (unpaired) electrons. The van der Waals surface area contributed by atoms with Crippen LogP contribution in [-0.4, -0.2) is 35.8 Å². The molecule has 0 bridgehead atoms. The zero-order valence-electron chi connectivity index (χ0n) is 13.6. The highest BCUT2D eigenvalue weighted by molar-refractivity contribution is 6.26. The van der Waals surface area contributed by atoms with E-state index in [1.165, 1.54) is 0 Å². The van der Waals surface area contributed by atoms with Crippen LogP contribution in [0.3, 0.4) is 0 Å². The molecule has 0 N–H and O–H groups in total. The Hall–Kier alpha value is -2.95. The summed E-state index contributed by atoms with van der Waals surface area (Å²) in [5.41, 5.74) is 3.07. The first-order valence-electron chi connectivity index (χ1n) is 7.64. The van der Waals surface area contributed by atoms with E-state index < -0.39 is 5.97 Å². The van der Waals surface area contributed by atoms with Crippen molar-refractivity contribution >= 4 is 28.6 Å². The molecule has 0 saturated carbocycles. The van der Waals surface area contributed by atoms with Crippen LogP contribution in [0, 0.1) is 13.8 Å². The molecule has 1 heterocycles. The Labute approximate surface area is 139 Å². The van der Waals surface area contributed by atoms with E-state index in [0.717, 1.165) is 27.5 Å². The van der Waals surface area contributed by atoms with Gasteiger partial charge in [0, 0.05) is 22.6 Å². The minimum absolute atomic E-state index is 0.0138. The van der Waals surface area contributed by atoms with Gasteiger partial charge in [-0.1, -0.05) is 18.7 Å². The fourth-order valence-electron chi connectivity index (χ4n) is 3.11. The maximum atomic E-state index is 12.7. The Balaban J connectivity index is 2.03. The number of carbonyl (C=O) groups is 3. The number of imide groups is 1. The van der Waals surface area contributed by atoms with Gasteiger partial charge in [-0.25, -0.2) is 4.79 Å². The van der Waals surface area contributed by atoms with Crippen LogP contribution < -0.4 is 0 Å². The molecule has 0 saturated heterocycles. The minimum Gasteiger partial charge on any atom is -0.461 e. The van der Waals surface area contributed by atoms with Gasteiger partial charge >= 0.3 is 5.97 Å². The Morgan fingerprint density at radius 1 is 1.04 bits per heavy atom. The monoisotopic (exact) mass is 323 g/mol. The number of hydrogen-bond acceptors (Lipinski definition) is 4. The Morgan fingerprint density at radius 2 is 1.58 bits per heavy atom. The number of amides is 2. The molecule has 1 aliphatic rings. The van der Waals surface area contributed by atoms with Crippen molar-refractivity contribution in [1.82, 2.24) is 4.90 Å². The molecular weight excluding hydrogens is 306 g/mol. The van der Waals surface area contributed by atoms with Crippen molar-refractivity contribution in [2.75, 3.05) is 13.2 Å². The van der Waals surface area contributed by atoms with Crippen LogP contribution in [0.2, 0.25) is 0 Å². The van der Waals surface area contributed by atoms with Gasteiger partial charge in [-0.3, -0.25) is 14.5 Å². The summed E-state index contributed by atoms with van der Waals surface area (Å²) in [5, 5.41) is 1.66. The lowest BCUT2D eigenvalue weighted by molar-refractivity contribution is -0.137. The van der Waals surface area contributed by atoms with Crippen molar-refractivity contribution in [3.8, 4) is 0 Å². The van der Waals surface area contributed by atoms with Gasteiger partial charge in [0.05, 0.1) is 6.54 Å².